The Labute approximate surface area is 116 Å². The molecule has 2 aliphatic heterocycles. The molecule has 2 fully saturated rings. The molecule has 0 aromatic carbocycles. The van der Waals surface area contributed by atoms with Crippen LogP contribution >= 0.6 is 11.8 Å². The summed E-state index contributed by atoms with van der Waals surface area (Å²) in [5, 5.41) is 0.737. The van der Waals surface area contributed by atoms with Crippen LogP contribution in [0.25, 0.3) is 0 Å². The molecule has 0 saturated carbocycles. The highest BCUT2D eigenvalue weighted by atomic mass is 32.2. The van der Waals surface area contributed by atoms with Crippen molar-refractivity contribution in [3.8, 4) is 0 Å². The lowest BCUT2D eigenvalue weighted by atomic mass is 10.1. The van der Waals surface area contributed by atoms with Crippen LogP contribution in [0.3, 0.4) is 0 Å². The smallest absolute Gasteiger partial charge is 0.0600 e. The zero-order valence-corrected chi connectivity index (χ0v) is 12.8. The topological polar surface area (TPSA) is 15.7 Å². The van der Waals surface area contributed by atoms with Gasteiger partial charge in [-0.3, -0.25) is 4.90 Å². The van der Waals surface area contributed by atoms with Crippen LogP contribution in [0.1, 0.15) is 26.7 Å². The van der Waals surface area contributed by atoms with E-state index >= 15 is 0 Å². The summed E-state index contributed by atoms with van der Waals surface area (Å²) in [5.74, 6) is 1.29. The summed E-state index contributed by atoms with van der Waals surface area (Å²) in [4.78, 5) is 5.26. The molecule has 3 nitrogen and oxygen atoms in total. The quantitative estimate of drug-likeness (QED) is 0.734. The van der Waals surface area contributed by atoms with Gasteiger partial charge in [0.1, 0.15) is 0 Å². The number of hydrogen-bond donors (Lipinski definition) is 0. The van der Waals surface area contributed by atoms with E-state index in [0.717, 1.165) is 24.5 Å². The van der Waals surface area contributed by atoms with E-state index in [4.69, 9.17) is 4.74 Å². The van der Waals surface area contributed by atoms with Gasteiger partial charge in [0.05, 0.1) is 6.61 Å². The second-order valence-corrected chi connectivity index (χ2v) is 6.60. The molecule has 2 rings (SSSR count). The first-order valence-electron chi connectivity index (χ1n) is 7.51. The van der Waals surface area contributed by atoms with Crippen LogP contribution in [0.2, 0.25) is 0 Å². The Morgan fingerprint density at radius 1 is 1.33 bits per heavy atom. The molecule has 0 radical (unpaired) electrons. The van der Waals surface area contributed by atoms with Crippen LogP contribution in [0.5, 0.6) is 0 Å². The first-order chi connectivity index (χ1) is 8.85. The predicted octanol–water partition coefficient (Wildman–Crippen LogP) is 1.92. The van der Waals surface area contributed by atoms with E-state index in [-0.39, 0.29) is 0 Å². The first kappa shape index (κ1) is 14.6. The van der Waals surface area contributed by atoms with Crippen LogP contribution in [-0.2, 0) is 4.74 Å². The van der Waals surface area contributed by atoms with E-state index in [0.29, 0.717) is 0 Å². The molecule has 2 atom stereocenters. The highest BCUT2D eigenvalue weighted by Crippen LogP contribution is 2.30. The van der Waals surface area contributed by atoms with Crippen LogP contribution < -0.4 is 0 Å². The number of thioether (sulfide) groups is 1. The zero-order valence-electron chi connectivity index (χ0n) is 11.9. The normalized spacial score (nSPS) is 29.5. The third kappa shape index (κ3) is 3.86. The fourth-order valence-electron chi connectivity index (χ4n) is 3.08. The Bertz CT molecular complexity index is 234. The molecule has 2 heterocycles. The molecule has 4 heteroatoms. The summed E-state index contributed by atoms with van der Waals surface area (Å²) >= 11 is 2.12. The van der Waals surface area contributed by atoms with E-state index < -0.39 is 0 Å². The SMILES string of the molecule is CCN(CC)CCCN1CCS[C@@H]2COCC[C@H]21. The van der Waals surface area contributed by atoms with Gasteiger partial charge in [-0.1, -0.05) is 13.8 Å². The molecule has 0 amide bonds. The molecule has 0 bridgehead atoms. The van der Waals surface area contributed by atoms with Gasteiger partial charge in [-0.05, 0) is 39.0 Å². The third-order valence-corrected chi connectivity index (χ3v) is 5.56. The van der Waals surface area contributed by atoms with E-state index in [1.165, 1.54) is 51.3 Å². The molecule has 0 N–H and O–H groups in total. The summed E-state index contributed by atoms with van der Waals surface area (Å²) in [6, 6.07) is 0.786. The summed E-state index contributed by atoms with van der Waals surface area (Å²) in [5.41, 5.74) is 0. The van der Waals surface area contributed by atoms with Crippen molar-refractivity contribution < 1.29 is 4.74 Å². The van der Waals surface area contributed by atoms with Crippen molar-refractivity contribution in [3.05, 3.63) is 0 Å². The maximum absolute atomic E-state index is 5.61. The van der Waals surface area contributed by atoms with Gasteiger partial charge in [-0.15, -0.1) is 0 Å². The lowest BCUT2D eigenvalue weighted by molar-refractivity contribution is 0.0368. The lowest BCUT2D eigenvalue weighted by Gasteiger charge is -2.43. The minimum Gasteiger partial charge on any atom is -0.380 e. The Hall–Kier alpha value is 0.230. The molecule has 0 aromatic rings. The van der Waals surface area contributed by atoms with Gasteiger partial charge in [0.2, 0.25) is 0 Å². The van der Waals surface area contributed by atoms with Crippen molar-refractivity contribution in [1.29, 1.82) is 0 Å². The third-order valence-electron chi connectivity index (χ3n) is 4.26. The minimum atomic E-state index is 0.737. The fourth-order valence-corrected chi connectivity index (χ4v) is 4.44. The largest absolute Gasteiger partial charge is 0.380 e. The Morgan fingerprint density at radius 3 is 2.94 bits per heavy atom. The molecule has 18 heavy (non-hydrogen) atoms. The summed E-state index contributed by atoms with van der Waals surface area (Å²) < 4.78 is 5.61. The zero-order chi connectivity index (χ0) is 12.8. The van der Waals surface area contributed by atoms with E-state index in [2.05, 4.69) is 35.4 Å². The molecule has 0 aliphatic carbocycles. The molecule has 2 aliphatic rings. The summed E-state index contributed by atoms with van der Waals surface area (Å²) in [6.45, 7) is 12.6. The molecule has 106 valence electrons. The number of fused-ring (bicyclic) bond motifs is 1. The van der Waals surface area contributed by atoms with Gasteiger partial charge < -0.3 is 9.64 Å². The van der Waals surface area contributed by atoms with Crippen LogP contribution in [0.15, 0.2) is 0 Å². The second-order valence-electron chi connectivity index (χ2n) is 5.26. The van der Waals surface area contributed by atoms with Crippen molar-refractivity contribution >= 4 is 11.8 Å². The number of hydrogen-bond acceptors (Lipinski definition) is 4. The fraction of sp³-hybridized carbons (Fsp3) is 1.00. The maximum Gasteiger partial charge on any atom is 0.0600 e. The van der Waals surface area contributed by atoms with Gasteiger partial charge in [0.15, 0.2) is 0 Å². The van der Waals surface area contributed by atoms with Gasteiger partial charge in [0.25, 0.3) is 0 Å². The summed E-state index contributed by atoms with van der Waals surface area (Å²) in [6.07, 6.45) is 2.55. The lowest BCUT2D eigenvalue weighted by Crippen LogP contribution is -2.52. The first-order valence-corrected chi connectivity index (χ1v) is 8.55. The molecule has 2 saturated heterocycles. The second kappa shape index (κ2) is 7.73. The van der Waals surface area contributed by atoms with Crippen LogP contribution in [0, 0.1) is 0 Å². The van der Waals surface area contributed by atoms with Gasteiger partial charge in [-0.2, -0.15) is 11.8 Å². The van der Waals surface area contributed by atoms with Crippen molar-refractivity contribution in [2.75, 3.05) is 51.7 Å². The number of rotatable bonds is 6. The molecular weight excluding hydrogens is 244 g/mol. The highest BCUT2D eigenvalue weighted by Gasteiger charge is 2.33. The maximum atomic E-state index is 5.61. The average Bonchev–Trinajstić information content (AvgIpc) is 2.44. The molecule has 0 aromatic heterocycles. The summed E-state index contributed by atoms with van der Waals surface area (Å²) in [7, 11) is 0. The van der Waals surface area contributed by atoms with E-state index in [1.807, 2.05) is 0 Å². The molecule has 0 spiro atoms. The van der Waals surface area contributed by atoms with E-state index in [1.54, 1.807) is 0 Å². The molecular formula is C14H28N2OS. The number of ether oxygens (including phenoxy) is 1. The Morgan fingerprint density at radius 2 is 2.17 bits per heavy atom. The Balaban J connectivity index is 1.73. The average molecular weight is 272 g/mol. The molecule has 0 unspecified atom stereocenters. The number of nitrogens with zero attached hydrogens (tertiary/aromatic N) is 2. The van der Waals surface area contributed by atoms with Crippen LogP contribution in [0.4, 0.5) is 0 Å². The van der Waals surface area contributed by atoms with Crippen molar-refractivity contribution in [2.45, 2.75) is 38.0 Å². The predicted molar refractivity (Wildman–Crippen MR) is 79.4 cm³/mol. The monoisotopic (exact) mass is 272 g/mol. The van der Waals surface area contributed by atoms with Gasteiger partial charge in [-0.25, -0.2) is 0 Å². The Kier molecular flexibility index (Phi) is 6.29. The van der Waals surface area contributed by atoms with Crippen LogP contribution in [-0.4, -0.2) is 72.8 Å². The van der Waals surface area contributed by atoms with Gasteiger partial charge in [0, 0.05) is 30.2 Å². The minimum absolute atomic E-state index is 0.737. The standard InChI is InChI=1S/C14H28N2OS/c1-3-15(4-2)7-5-8-16-9-11-18-14-12-17-10-6-13(14)16/h13-14H,3-12H2,1-2H3/t13-,14-/m1/s1. The van der Waals surface area contributed by atoms with E-state index in [9.17, 15) is 0 Å². The highest BCUT2D eigenvalue weighted by molar-refractivity contribution is 8.00. The van der Waals surface area contributed by atoms with Crippen molar-refractivity contribution in [1.82, 2.24) is 9.80 Å². The van der Waals surface area contributed by atoms with Crippen molar-refractivity contribution in [2.24, 2.45) is 0 Å². The van der Waals surface area contributed by atoms with Crippen molar-refractivity contribution in [3.63, 3.8) is 0 Å². The van der Waals surface area contributed by atoms with Gasteiger partial charge >= 0.3 is 0 Å².